The molecule has 0 radical (unpaired) electrons. The molecule has 7 rings (SSSR count). The van der Waals surface area contributed by atoms with E-state index in [0.717, 1.165) is 5.56 Å². The molecule has 0 spiro atoms. The molecule has 1 aromatic heterocycles. The zero-order valence-electron chi connectivity index (χ0n) is 48.5. The van der Waals surface area contributed by atoms with E-state index in [9.17, 15) is 24.2 Å². The number of nitrogens with two attached hydrogens (primary N) is 1. The molecule has 1 aromatic carbocycles. The Kier molecular flexibility index (Phi) is 19.9. The molecule has 3 unspecified atom stereocenters. The number of aliphatic hydroxyl groups is 2. The molecule has 2 aromatic rings. The van der Waals surface area contributed by atoms with Gasteiger partial charge in [-0.1, -0.05) is 52.0 Å². The fourth-order valence-corrected chi connectivity index (χ4v) is 14.1. The molecule has 78 heavy (non-hydrogen) atoms. The van der Waals surface area contributed by atoms with Gasteiger partial charge in [0.05, 0.1) is 65.9 Å². The SMILES string of the molecule is CC[C@H]1OC(=O)[C@H](C)C([C@H]2C[C@@](C)(OC)[C@@H](O)[C@H](C)O2)[C@@H]2C(N)CNC(C)([C@H](C)C[C@@](C)(OC)[C@@H]2O[C@@H]2O[C@H](C)C[C@H](N(C)CCC(=O)N[C@H](CF)[C@H](OC)c3ccc(-c4cnccn4)cc3)[C@H]2O)[C@H](C)[C@H]2CC(=O)O[C@@]21C. The topological polar surface area (TPSA) is 245 Å². The number of carbonyl (C=O) groups excluding carboxylic acids is 3. The second-order valence-corrected chi connectivity index (χ2v) is 24.1. The molecule has 5 saturated heterocycles. The minimum atomic E-state index is -1.27. The summed E-state index contributed by atoms with van der Waals surface area (Å²) in [5.74, 6) is -4.61. The predicted molar refractivity (Wildman–Crippen MR) is 288 cm³/mol. The smallest absolute Gasteiger partial charge is 0.309 e. The van der Waals surface area contributed by atoms with E-state index in [1.54, 1.807) is 46.7 Å². The van der Waals surface area contributed by atoms with Gasteiger partial charge in [-0.3, -0.25) is 24.4 Å². The zero-order valence-corrected chi connectivity index (χ0v) is 48.5. The van der Waals surface area contributed by atoms with Crippen LogP contribution in [0.5, 0.6) is 0 Å². The van der Waals surface area contributed by atoms with Crippen LogP contribution in [-0.2, 0) is 52.3 Å². The number of amides is 1. The molecule has 6 heterocycles. The summed E-state index contributed by atoms with van der Waals surface area (Å²) in [6.45, 7) is 19.0. The molecule has 438 valence electrons. The Hall–Kier alpha value is -3.80. The number of likely N-dealkylation sites (N-methyl/N-ethyl adjacent to an activating group) is 1. The number of halogens is 1. The van der Waals surface area contributed by atoms with Crippen molar-refractivity contribution in [2.45, 2.75) is 203 Å². The number of rotatable bonds is 16. The summed E-state index contributed by atoms with van der Waals surface area (Å²) >= 11 is 0. The number of hydrogen-bond acceptors (Lipinski definition) is 18. The van der Waals surface area contributed by atoms with E-state index in [1.165, 1.54) is 7.11 Å². The number of methoxy groups -OCH3 is 3. The highest BCUT2D eigenvalue weighted by Crippen LogP contribution is 2.52. The van der Waals surface area contributed by atoms with Crippen LogP contribution in [0.25, 0.3) is 11.3 Å². The Morgan fingerprint density at radius 2 is 1.68 bits per heavy atom. The molecule has 19 nitrogen and oxygen atoms in total. The number of benzene rings is 1. The van der Waals surface area contributed by atoms with E-state index in [1.807, 2.05) is 70.8 Å². The van der Waals surface area contributed by atoms with Crippen LogP contribution in [0, 0.1) is 35.5 Å². The minimum absolute atomic E-state index is 0.0217. The van der Waals surface area contributed by atoms with E-state index >= 15 is 4.79 Å². The molecule has 6 N–H and O–H groups in total. The van der Waals surface area contributed by atoms with Crippen LogP contribution < -0.4 is 16.4 Å². The summed E-state index contributed by atoms with van der Waals surface area (Å²) in [5, 5.41) is 30.9. The van der Waals surface area contributed by atoms with Crippen molar-refractivity contribution in [3.63, 3.8) is 0 Å². The number of esters is 2. The average Bonchev–Trinajstić information content (AvgIpc) is 3.99. The molecular weight excluding hydrogens is 1010 g/mol. The summed E-state index contributed by atoms with van der Waals surface area (Å²) in [7, 11) is 6.46. The van der Waals surface area contributed by atoms with Gasteiger partial charge in [0.2, 0.25) is 5.91 Å². The van der Waals surface area contributed by atoms with Gasteiger partial charge >= 0.3 is 11.9 Å². The van der Waals surface area contributed by atoms with Gasteiger partial charge in [0, 0.05) is 101 Å². The first-order chi connectivity index (χ1) is 36.8. The molecule has 22 atom stereocenters. The van der Waals surface area contributed by atoms with E-state index < -0.39 is 132 Å². The van der Waals surface area contributed by atoms with Gasteiger partial charge in [-0.2, -0.15) is 0 Å². The first-order valence-electron chi connectivity index (χ1n) is 28.1. The van der Waals surface area contributed by atoms with Crippen molar-refractivity contribution in [1.82, 2.24) is 25.5 Å². The Bertz CT molecular complexity index is 2330. The van der Waals surface area contributed by atoms with Crippen LogP contribution >= 0.6 is 0 Å². The number of carbonyl (C=O) groups is 3. The minimum Gasteiger partial charge on any atom is -0.458 e. The number of cyclic esters (lactones) is 1. The van der Waals surface area contributed by atoms with Crippen LogP contribution in [0.1, 0.15) is 119 Å². The quantitative estimate of drug-likeness (QED) is 0.138. The molecule has 5 fully saturated rings. The number of nitrogens with zero attached hydrogens (tertiary/aromatic N) is 3. The van der Waals surface area contributed by atoms with Crippen molar-refractivity contribution in [3.8, 4) is 11.3 Å². The predicted octanol–water partition coefficient (Wildman–Crippen LogP) is 5.08. The molecule has 5 aliphatic rings. The van der Waals surface area contributed by atoms with E-state index in [4.69, 9.17) is 43.6 Å². The number of nitrogens with one attached hydrogen (secondary N) is 2. The number of hydrogen-bond donors (Lipinski definition) is 5. The van der Waals surface area contributed by atoms with E-state index in [-0.39, 0.29) is 56.1 Å². The van der Waals surface area contributed by atoms with E-state index in [0.29, 0.717) is 30.5 Å². The molecular formula is C58H91FN6O13. The molecule has 1 amide bonds. The maximum atomic E-state index is 15.2. The van der Waals surface area contributed by atoms with Gasteiger partial charge in [0.1, 0.15) is 36.7 Å². The fraction of sp³-hybridized carbons (Fsp3) is 0.776. The maximum absolute atomic E-state index is 15.2. The number of alkyl halides is 1. The molecule has 0 aliphatic carbocycles. The lowest BCUT2D eigenvalue weighted by atomic mass is 9.62. The molecule has 2 bridgehead atoms. The van der Waals surface area contributed by atoms with Gasteiger partial charge in [-0.05, 0) is 85.3 Å². The molecule has 20 heteroatoms. The second-order valence-electron chi connectivity index (χ2n) is 24.1. The summed E-state index contributed by atoms with van der Waals surface area (Å²) in [5.41, 5.74) is 5.69. The summed E-state index contributed by atoms with van der Waals surface area (Å²) in [6, 6.07) is 5.00. The van der Waals surface area contributed by atoms with Crippen molar-refractivity contribution < 1.29 is 66.9 Å². The van der Waals surface area contributed by atoms with Crippen LogP contribution in [0.3, 0.4) is 0 Å². The monoisotopic (exact) mass is 1100 g/mol. The summed E-state index contributed by atoms with van der Waals surface area (Å²) in [4.78, 5) is 52.8. The fourth-order valence-electron chi connectivity index (χ4n) is 14.1. The van der Waals surface area contributed by atoms with Crippen molar-refractivity contribution in [2.24, 2.45) is 41.2 Å². The largest absolute Gasteiger partial charge is 0.458 e. The number of ether oxygens (including phenoxy) is 8. The van der Waals surface area contributed by atoms with Crippen LogP contribution in [0.2, 0.25) is 0 Å². The number of aromatic nitrogens is 2. The van der Waals surface area contributed by atoms with Gasteiger partial charge in [-0.25, -0.2) is 4.39 Å². The lowest BCUT2D eigenvalue weighted by molar-refractivity contribution is -0.307. The lowest BCUT2D eigenvalue weighted by Gasteiger charge is -2.54. The highest BCUT2D eigenvalue weighted by Gasteiger charge is 2.62. The lowest BCUT2D eigenvalue weighted by Crippen LogP contribution is -2.65. The van der Waals surface area contributed by atoms with Gasteiger partial charge in [0.25, 0.3) is 0 Å². The summed E-state index contributed by atoms with van der Waals surface area (Å²) in [6.07, 6.45) is -1.78. The Morgan fingerprint density at radius 3 is 2.29 bits per heavy atom. The highest BCUT2D eigenvalue weighted by molar-refractivity contribution is 5.76. The first kappa shape index (κ1) is 61.8. The Balaban J connectivity index is 1.21. The third kappa shape index (κ3) is 12.3. The standard InChI is InChI=1S/C58H91FN6O13/c1-15-44-58(10)38(25-46(67)78-58)34(5)57(9)31(2)26-56(8,73-14)52(48(39(60)29-63-57)47(33(4)53(70)76-44)43-27-55(7,72-13)51(69)35(6)75-43)77-54-49(68)42(24-32(3)74-54)65(11)23-20-45(66)64-40(28-59)50(71-12)37-18-16-36(17-19-37)41-30-61-21-22-62-41/h16-19,21-22,30-35,38-40,42-44,47-52,54,63,68-69H,15,20,23-29,60H2,1-14H3,(H,64,66)/t31-,32-,33-,34-,35+,38-,39?,40-,42+,43-,44-,47?,48+,49-,50-,51+,52-,54+,55-,56-,57?,58+/m1/s1. The summed E-state index contributed by atoms with van der Waals surface area (Å²) < 4.78 is 67.0. The van der Waals surface area contributed by atoms with Crippen molar-refractivity contribution in [3.05, 3.63) is 48.4 Å². The van der Waals surface area contributed by atoms with E-state index in [2.05, 4.69) is 41.4 Å². The van der Waals surface area contributed by atoms with Crippen molar-refractivity contribution >= 4 is 17.8 Å². The number of aliphatic hydroxyl groups excluding tert-OH is 2. The Labute approximate surface area is 461 Å². The first-order valence-corrected chi connectivity index (χ1v) is 28.1. The second kappa shape index (κ2) is 25.1. The average molecular weight is 1100 g/mol. The molecule has 0 saturated carbocycles. The third-order valence-corrected chi connectivity index (χ3v) is 19.4. The van der Waals surface area contributed by atoms with Crippen molar-refractivity contribution in [1.29, 1.82) is 0 Å². The number of fused-ring (bicyclic) bond motifs is 5. The molecule has 5 aliphatic heterocycles. The normalized spacial score (nSPS) is 41.5. The highest BCUT2D eigenvalue weighted by atomic mass is 19.1. The van der Waals surface area contributed by atoms with Crippen molar-refractivity contribution in [2.75, 3.05) is 48.1 Å². The Morgan fingerprint density at radius 1 is 0.987 bits per heavy atom. The van der Waals surface area contributed by atoms with Crippen LogP contribution in [0.15, 0.2) is 42.9 Å². The third-order valence-electron chi connectivity index (χ3n) is 19.4. The van der Waals surface area contributed by atoms with Gasteiger partial charge in [-0.15, -0.1) is 0 Å². The zero-order chi connectivity index (χ0) is 57.2. The van der Waals surface area contributed by atoms with Gasteiger partial charge < -0.3 is 69.4 Å². The van der Waals surface area contributed by atoms with Crippen LogP contribution in [-0.4, -0.2) is 181 Å². The van der Waals surface area contributed by atoms with Gasteiger partial charge in [0.15, 0.2) is 6.29 Å². The maximum Gasteiger partial charge on any atom is 0.309 e. The van der Waals surface area contributed by atoms with Crippen LogP contribution in [0.4, 0.5) is 4.39 Å².